The first-order chi connectivity index (χ1) is 10.1. The van der Waals surface area contributed by atoms with Gasteiger partial charge in [-0.05, 0) is 37.5 Å². The van der Waals surface area contributed by atoms with Gasteiger partial charge in [-0.1, -0.05) is 33.8 Å². The predicted molar refractivity (Wildman–Crippen MR) is 92.4 cm³/mol. The third kappa shape index (κ3) is 5.96. The highest BCUT2D eigenvalue weighted by Crippen LogP contribution is 2.30. The summed E-state index contributed by atoms with van der Waals surface area (Å²) in [5.41, 5.74) is 2.51. The van der Waals surface area contributed by atoms with E-state index in [0.29, 0.717) is 12.6 Å². The van der Waals surface area contributed by atoms with Crippen LogP contribution in [0.4, 0.5) is 5.69 Å². The van der Waals surface area contributed by atoms with Crippen molar-refractivity contribution in [2.75, 3.05) is 24.6 Å². The molecule has 120 valence electrons. The Morgan fingerprint density at radius 1 is 1.10 bits per heavy atom. The molecule has 0 unspecified atom stereocenters. The number of benzene rings is 1. The molecule has 0 bridgehead atoms. The van der Waals surface area contributed by atoms with Crippen molar-refractivity contribution in [3.05, 3.63) is 23.8 Å². The van der Waals surface area contributed by atoms with Crippen molar-refractivity contribution in [1.29, 1.82) is 0 Å². The van der Waals surface area contributed by atoms with Crippen molar-refractivity contribution in [3.63, 3.8) is 0 Å². The first kappa shape index (κ1) is 17.8. The van der Waals surface area contributed by atoms with Crippen LogP contribution in [0.25, 0.3) is 0 Å². The van der Waals surface area contributed by atoms with Gasteiger partial charge in [0.05, 0.1) is 12.3 Å². The quantitative estimate of drug-likeness (QED) is 0.699. The van der Waals surface area contributed by atoms with Crippen LogP contribution in [0, 0.1) is 0 Å². The van der Waals surface area contributed by atoms with Gasteiger partial charge in [-0.25, -0.2) is 0 Å². The average molecular weight is 292 g/mol. The lowest BCUT2D eigenvalue weighted by Crippen LogP contribution is -2.26. The number of anilines is 1. The zero-order chi connectivity index (χ0) is 15.7. The number of nitrogens with zero attached hydrogens (tertiary/aromatic N) is 1. The Hall–Kier alpha value is -1.22. The Bertz CT molecular complexity index is 398. The van der Waals surface area contributed by atoms with Gasteiger partial charge >= 0.3 is 0 Å². The number of nitrogens with one attached hydrogen (secondary N) is 1. The van der Waals surface area contributed by atoms with Crippen LogP contribution in [-0.4, -0.2) is 25.7 Å². The molecular weight excluding hydrogens is 260 g/mol. The maximum Gasteiger partial charge on any atom is 0.142 e. The van der Waals surface area contributed by atoms with E-state index >= 15 is 0 Å². The molecule has 0 heterocycles. The van der Waals surface area contributed by atoms with Gasteiger partial charge in [-0.2, -0.15) is 0 Å². The highest BCUT2D eigenvalue weighted by molar-refractivity contribution is 5.60. The van der Waals surface area contributed by atoms with Crippen LogP contribution in [-0.2, 0) is 6.54 Å². The summed E-state index contributed by atoms with van der Waals surface area (Å²) in [5.74, 6) is 1.02. The molecule has 3 nitrogen and oxygen atoms in total. The SMILES string of the molecule is CCCN(CCC)c1ccc(CNC(C)C)cc1OCC. The summed E-state index contributed by atoms with van der Waals surface area (Å²) in [6.45, 7) is 14.6. The molecule has 0 spiro atoms. The summed E-state index contributed by atoms with van der Waals surface area (Å²) in [6.07, 6.45) is 2.31. The van der Waals surface area contributed by atoms with E-state index in [9.17, 15) is 0 Å². The van der Waals surface area contributed by atoms with E-state index in [2.05, 4.69) is 56.1 Å². The van der Waals surface area contributed by atoms with E-state index in [-0.39, 0.29) is 0 Å². The van der Waals surface area contributed by atoms with Crippen LogP contribution in [0.1, 0.15) is 53.0 Å². The van der Waals surface area contributed by atoms with Gasteiger partial charge in [-0.3, -0.25) is 0 Å². The molecule has 1 N–H and O–H groups in total. The van der Waals surface area contributed by atoms with Gasteiger partial charge in [0.25, 0.3) is 0 Å². The molecule has 0 atom stereocenters. The molecule has 0 aromatic heterocycles. The minimum atomic E-state index is 0.497. The molecule has 1 rings (SSSR count). The minimum absolute atomic E-state index is 0.497. The van der Waals surface area contributed by atoms with Crippen LogP contribution in [0.5, 0.6) is 5.75 Å². The average Bonchev–Trinajstić information content (AvgIpc) is 2.45. The standard InChI is InChI=1S/C18H32N2O/c1-6-11-20(12-7-2)17-10-9-16(14-19-15(4)5)13-18(17)21-8-3/h9-10,13,15,19H,6-8,11-12,14H2,1-5H3. The predicted octanol–water partition coefficient (Wildman–Crippen LogP) is 4.21. The minimum Gasteiger partial charge on any atom is -0.492 e. The van der Waals surface area contributed by atoms with E-state index in [4.69, 9.17) is 4.74 Å². The fourth-order valence-electron chi connectivity index (χ4n) is 2.42. The molecule has 1 aromatic carbocycles. The molecule has 0 aliphatic heterocycles. The van der Waals surface area contributed by atoms with Crippen LogP contribution >= 0.6 is 0 Å². The molecule has 0 fully saturated rings. The third-order valence-corrected chi connectivity index (χ3v) is 3.37. The Labute approximate surface area is 130 Å². The van der Waals surface area contributed by atoms with Crippen molar-refractivity contribution >= 4 is 5.69 Å². The van der Waals surface area contributed by atoms with E-state index in [1.54, 1.807) is 0 Å². The van der Waals surface area contributed by atoms with Crippen molar-refractivity contribution in [3.8, 4) is 5.75 Å². The van der Waals surface area contributed by atoms with Gasteiger partial charge in [0, 0.05) is 25.7 Å². The summed E-state index contributed by atoms with van der Waals surface area (Å²) in [4.78, 5) is 2.44. The molecular formula is C18H32N2O. The number of rotatable bonds is 10. The van der Waals surface area contributed by atoms with Gasteiger partial charge in [0.1, 0.15) is 5.75 Å². The monoisotopic (exact) mass is 292 g/mol. The van der Waals surface area contributed by atoms with Crippen LogP contribution < -0.4 is 15.0 Å². The third-order valence-electron chi connectivity index (χ3n) is 3.37. The van der Waals surface area contributed by atoms with Crippen molar-refractivity contribution in [2.45, 2.75) is 60.0 Å². The maximum atomic E-state index is 5.89. The van der Waals surface area contributed by atoms with Gasteiger partial charge in [-0.15, -0.1) is 0 Å². The van der Waals surface area contributed by atoms with Gasteiger partial charge in [0.2, 0.25) is 0 Å². The summed E-state index contributed by atoms with van der Waals surface area (Å²) in [5, 5.41) is 3.46. The first-order valence-corrected chi connectivity index (χ1v) is 8.36. The molecule has 0 amide bonds. The topological polar surface area (TPSA) is 24.5 Å². The highest BCUT2D eigenvalue weighted by Gasteiger charge is 2.12. The Morgan fingerprint density at radius 3 is 2.29 bits per heavy atom. The van der Waals surface area contributed by atoms with Crippen molar-refractivity contribution < 1.29 is 4.74 Å². The fraction of sp³-hybridized carbons (Fsp3) is 0.667. The Kier molecular flexibility index (Phi) is 8.21. The van der Waals surface area contributed by atoms with Gasteiger partial charge < -0.3 is 15.0 Å². The molecule has 0 saturated heterocycles. The smallest absolute Gasteiger partial charge is 0.142 e. The zero-order valence-corrected chi connectivity index (χ0v) is 14.4. The second-order valence-electron chi connectivity index (χ2n) is 5.76. The number of ether oxygens (including phenoxy) is 1. The molecule has 0 saturated carbocycles. The van der Waals surface area contributed by atoms with Crippen LogP contribution in [0.3, 0.4) is 0 Å². The summed E-state index contributed by atoms with van der Waals surface area (Å²) < 4.78 is 5.89. The van der Waals surface area contributed by atoms with Crippen molar-refractivity contribution in [2.24, 2.45) is 0 Å². The molecule has 0 aliphatic carbocycles. The number of hydrogen-bond donors (Lipinski definition) is 1. The van der Waals surface area contributed by atoms with Gasteiger partial charge in [0.15, 0.2) is 0 Å². The van der Waals surface area contributed by atoms with E-state index < -0.39 is 0 Å². The second kappa shape index (κ2) is 9.67. The summed E-state index contributed by atoms with van der Waals surface area (Å²) >= 11 is 0. The summed E-state index contributed by atoms with van der Waals surface area (Å²) in [7, 11) is 0. The zero-order valence-electron chi connectivity index (χ0n) is 14.4. The van der Waals surface area contributed by atoms with E-state index in [1.165, 1.54) is 11.3 Å². The lowest BCUT2D eigenvalue weighted by molar-refractivity contribution is 0.339. The van der Waals surface area contributed by atoms with Crippen LogP contribution in [0.2, 0.25) is 0 Å². The lowest BCUT2D eigenvalue weighted by Gasteiger charge is -2.26. The lowest BCUT2D eigenvalue weighted by atomic mass is 10.1. The van der Waals surface area contributed by atoms with E-state index in [1.807, 2.05) is 6.92 Å². The first-order valence-electron chi connectivity index (χ1n) is 8.36. The van der Waals surface area contributed by atoms with Crippen molar-refractivity contribution in [1.82, 2.24) is 5.32 Å². The molecule has 1 aromatic rings. The Balaban J connectivity index is 2.95. The largest absolute Gasteiger partial charge is 0.492 e. The molecule has 0 aliphatic rings. The molecule has 3 heteroatoms. The second-order valence-corrected chi connectivity index (χ2v) is 5.76. The molecule has 21 heavy (non-hydrogen) atoms. The maximum absolute atomic E-state index is 5.89. The summed E-state index contributed by atoms with van der Waals surface area (Å²) in [6, 6.07) is 7.11. The van der Waals surface area contributed by atoms with Crippen LogP contribution in [0.15, 0.2) is 18.2 Å². The molecule has 0 radical (unpaired) electrons. The van der Waals surface area contributed by atoms with E-state index in [0.717, 1.165) is 38.2 Å². The number of hydrogen-bond acceptors (Lipinski definition) is 3. The fourth-order valence-corrected chi connectivity index (χ4v) is 2.42. The normalized spacial score (nSPS) is 11.0. The Morgan fingerprint density at radius 2 is 1.76 bits per heavy atom. The highest BCUT2D eigenvalue weighted by atomic mass is 16.5.